The Bertz CT molecular complexity index is 571. The minimum atomic E-state index is -1.14. The van der Waals surface area contributed by atoms with Gasteiger partial charge in [-0.1, -0.05) is 6.07 Å². The molecule has 1 aliphatic rings. The van der Waals surface area contributed by atoms with Crippen molar-refractivity contribution in [3.63, 3.8) is 0 Å². The molecule has 0 saturated carbocycles. The van der Waals surface area contributed by atoms with E-state index in [1.807, 2.05) is 22.6 Å². The molecule has 0 bridgehead atoms. The fraction of sp³-hybridized carbons (Fsp3) is 0.250. The summed E-state index contributed by atoms with van der Waals surface area (Å²) in [7, 11) is 0. The maximum atomic E-state index is 11.9. The first kappa shape index (κ1) is 13.8. The third kappa shape index (κ3) is 2.55. The molecule has 1 unspecified atom stereocenters. The van der Waals surface area contributed by atoms with E-state index in [2.05, 4.69) is 0 Å². The molecule has 1 atom stereocenters. The minimum absolute atomic E-state index is 0.00582. The van der Waals surface area contributed by atoms with Crippen molar-refractivity contribution >= 4 is 46.1 Å². The van der Waals surface area contributed by atoms with Crippen molar-refractivity contribution in [3.05, 3.63) is 27.3 Å². The molecule has 1 aliphatic heterocycles. The lowest BCUT2D eigenvalue weighted by Gasteiger charge is -2.20. The standard InChI is InChI=1S/C12H10INO5/c13-8-3-1-2-7(12(18)19)10(8)14-5-6(11(16)17)4-9(14)15/h1-3,6H,4-5H2,(H,16,17)(H,18,19). The number of rotatable bonds is 3. The summed E-state index contributed by atoms with van der Waals surface area (Å²) in [5, 5.41) is 18.1. The number of carboxylic acids is 2. The van der Waals surface area contributed by atoms with E-state index in [1.54, 1.807) is 12.1 Å². The molecular formula is C12H10INO5. The Balaban J connectivity index is 2.45. The number of nitrogens with zero attached hydrogens (tertiary/aromatic N) is 1. The second kappa shape index (κ2) is 5.16. The van der Waals surface area contributed by atoms with E-state index in [9.17, 15) is 14.4 Å². The second-order valence-electron chi connectivity index (χ2n) is 4.18. The monoisotopic (exact) mass is 375 g/mol. The van der Waals surface area contributed by atoms with Crippen LogP contribution in [0.4, 0.5) is 5.69 Å². The average molecular weight is 375 g/mol. The maximum absolute atomic E-state index is 11.9. The highest BCUT2D eigenvalue weighted by Crippen LogP contribution is 2.32. The fourth-order valence-electron chi connectivity index (χ4n) is 2.05. The van der Waals surface area contributed by atoms with Crippen LogP contribution < -0.4 is 4.90 Å². The van der Waals surface area contributed by atoms with Crippen LogP contribution in [0.1, 0.15) is 16.8 Å². The predicted molar refractivity (Wildman–Crippen MR) is 74.2 cm³/mol. The van der Waals surface area contributed by atoms with Gasteiger partial charge >= 0.3 is 11.9 Å². The third-order valence-corrected chi connectivity index (χ3v) is 3.83. The summed E-state index contributed by atoms with van der Waals surface area (Å²) in [4.78, 5) is 35.3. The molecule has 1 aromatic rings. The molecule has 1 heterocycles. The number of hydrogen-bond donors (Lipinski definition) is 2. The van der Waals surface area contributed by atoms with Gasteiger partial charge in [-0.25, -0.2) is 4.79 Å². The highest BCUT2D eigenvalue weighted by molar-refractivity contribution is 14.1. The van der Waals surface area contributed by atoms with Gasteiger partial charge in [-0.2, -0.15) is 0 Å². The van der Waals surface area contributed by atoms with Gasteiger partial charge in [0.25, 0.3) is 0 Å². The van der Waals surface area contributed by atoms with Crippen molar-refractivity contribution in [3.8, 4) is 0 Å². The van der Waals surface area contributed by atoms with Gasteiger partial charge in [0.1, 0.15) is 0 Å². The van der Waals surface area contributed by atoms with Crippen molar-refractivity contribution in [2.24, 2.45) is 5.92 Å². The molecule has 1 fully saturated rings. The fourth-order valence-corrected chi connectivity index (χ4v) is 2.84. The number of hydrogen-bond acceptors (Lipinski definition) is 3. The second-order valence-corrected chi connectivity index (χ2v) is 5.35. The van der Waals surface area contributed by atoms with E-state index in [0.717, 1.165) is 0 Å². The van der Waals surface area contributed by atoms with Crippen LogP contribution in [0.15, 0.2) is 18.2 Å². The number of para-hydroxylation sites is 1. The molecule has 1 amide bonds. The molecule has 0 aromatic heterocycles. The number of carbonyl (C=O) groups is 3. The summed E-state index contributed by atoms with van der Waals surface area (Å²) in [6, 6.07) is 4.68. The summed E-state index contributed by atoms with van der Waals surface area (Å²) in [5.74, 6) is -3.33. The first-order chi connectivity index (χ1) is 8.91. The Kier molecular flexibility index (Phi) is 3.74. The third-order valence-electron chi connectivity index (χ3n) is 2.96. The number of benzene rings is 1. The van der Waals surface area contributed by atoms with Crippen molar-refractivity contribution in [2.75, 3.05) is 11.4 Å². The van der Waals surface area contributed by atoms with Crippen LogP contribution in [-0.4, -0.2) is 34.6 Å². The lowest BCUT2D eigenvalue weighted by Crippen LogP contribution is -2.28. The van der Waals surface area contributed by atoms with Crippen LogP contribution in [0.3, 0.4) is 0 Å². The molecule has 19 heavy (non-hydrogen) atoms. The van der Waals surface area contributed by atoms with Gasteiger partial charge in [-0.15, -0.1) is 0 Å². The van der Waals surface area contributed by atoms with Crippen molar-refractivity contribution in [2.45, 2.75) is 6.42 Å². The molecule has 0 spiro atoms. The van der Waals surface area contributed by atoms with Gasteiger partial charge in [-0.05, 0) is 34.7 Å². The SMILES string of the molecule is O=C(O)c1cccc(I)c1N1CC(C(=O)O)CC1=O. The molecule has 1 saturated heterocycles. The number of anilines is 1. The van der Waals surface area contributed by atoms with E-state index in [4.69, 9.17) is 10.2 Å². The number of carbonyl (C=O) groups excluding carboxylic acids is 1. The normalized spacial score (nSPS) is 18.7. The van der Waals surface area contributed by atoms with E-state index in [1.165, 1.54) is 11.0 Å². The van der Waals surface area contributed by atoms with Crippen molar-refractivity contribution in [1.29, 1.82) is 0 Å². The summed E-state index contributed by atoms with van der Waals surface area (Å²) in [6.45, 7) is 0.00839. The predicted octanol–water partition coefficient (Wildman–Crippen LogP) is 1.43. The molecule has 0 aliphatic carbocycles. The quantitative estimate of drug-likeness (QED) is 0.780. The number of carboxylic acid groups (broad SMARTS) is 2. The highest BCUT2D eigenvalue weighted by Gasteiger charge is 2.37. The summed E-state index contributed by atoms with van der Waals surface area (Å²) in [6.07, 6.45) is -0.0979. The lowest BCUT2D eigenvalue weighted by molar-refractivity contribution is -0.141. The smallest absolute Gasteiger partial charge is 0.337 e. The van der Waals surface area contributed by atoms with Gasteiger partial charge in [0, 0.05) is 16.5 Å². The number of aliphatic carboxylic acids is 1. The van der Waals surface area contributed by atoms with Crippen LogP contribution in [0.2, 0.25) is 0 Å². The van der Waals surface area contributed by atoms with Gasteiger partial charge in [0.2, 0.25) is 5.91 Å². The summed E-state index contributed by atoms with van der Waals surface area (Å²) in [5.41, 5.74) is 0.288. The number of amides is 1. The molecule has 2 rings (SSSR count). The Labute approximate surface area is 122 Å². The van der Waals surface area contributed by atoms with Crippen LogP contribution >= 0.6 is 22.6 Å². The zero-order chi connectivity index (χ0) is 14.2. The first-order valence-electron chi connectivity index (χ1n) is 5.46. The van der Waals surface area contributed by atoms with Crippen LogP contribution in [0.25, 0.3) is 0 Å². The van der Waals surface area contributed by atoms with Crippen LogP contribution in [0, 0.1) is 9.49 Å². The minimum Gasteiger partial charge on any atom is -0.481 e. The zero-order valence-corrected chi connectivity index (χ0v) is 11.8. The van der Waals surface area contributed by atoms with Gasteiger partial charge in [-0.3, -0.25) is 9.59 Å². The molecule has 2 N–H and O–H groups in total. The highest BCUT2D eigenvalue weighted by atomic mass is 127. The maximum Gasteiger partial charge on any atom is 0.337 e. The average Bonchev–Trinajstić information content (AvgIpc) is 2.71. The van der Waals surface area contributed by atoms with Crippen molar-refractivity contribution < 1.29 is 24.6 Å². The first-order valence-corrected chi connectivity index (χ1v) is 6.54. The Morgan fingerprint density at radius 3 is 2.53 bits per heavy atom. The van der Waals surface area contributed by atoms with Gasteiger partial charge in [0.05, 0.1) is 17.2 Å². The molecule has 1 aromatic carbocycles. The lowest BCUT2D eigenvalue weighted by atomic mass is 10.1. The van der Waals surface area contributed by atoms with E-state index < -0.39 is 17.9 Å². The summed E-state index contributed by atoms with van der Waals surface area (Å²) >= 11 is 1.94. The largest absolute Gasteiger partial charge is 0.481 e. The van der Waals surface area contributed by atoms with E-state index in [0.29, 0.717) is 3.57 Å². The van der Waals surface area contributed by atoms with Crippen molar-refractivity contribution in [1.82, 2.24) is 0 Å². The number of halogens is 1. The topological polar surface area (TPSA) is 94.9 Å². The Morgan fingerprint density at radius 1 is 1.32 bits per heavy atom. The molecule has 100 valence electrons. The summed E-state index contributed by atoms with van der Waals surface area (Å²) < 4.78 is 0.608. The van der Waals surface area contributed by atoms with Gasteiger partial charge < -0.3 is 15.1 Å². The zero-order valence-electron chi connectivity index (χ0n) is 9.67. The van der Waals surface area contributed by atoms with E-state index >= 15 is 0 Å². The molecule has 0 radical (unpaired) electrons. The van der Waals surface area contributed by atoms with Gasteiger partial charge in [0.15, 0.2) is 0 Å². The Hall–Kier alpha value is -1.64. The Morgan fingerprint density at radius 2 is 2.00 bits per heavy atom. The number of aromatic carboxylic acids is 1. The molecule has 6 nitrogen and oxygen atoms in total. The molecule has 7 heteroatoms. The van der Waals surface area contributed by atoms with E-state index in [-0.39, 0.29) is 30.1 Å². The van der Waals surface area contributed by atoms with Crippen LogP contribution in [-0.2, 0) is 9.59 Å². The van der Waals surface area contributed by atoms with Crippen LogP contribution in [0.5, 0.6) is 0 Å². The molecular weight excluding hydrogens is 365 g/mol.